The molecule has 0 spiro atoms. The summed E-state index contributed by atoms with van der Waals surface area (Å²) >= 11 is 6.53. The number of hydrogen-bond donors (Lipinski definition) is 2. The van der Waals surface area contributed by atoms with Crippen LogP contribution in [0, 0.1) is 9.39 Å². The van der Waals surface area contributed by atoms with Crippen molar-refractivity contribution in [1.82, 2.24) is 0 Å². The molecule has 0 saturated carbocycles. The number of rotatable bonds is 3. The minimum Gasteiger partial charge on any atom is -0.393 e. The number of hydrogen-bond acceptors (Lipinski definition) is 2. The van der Waals surface area contributed by atoms with Gasteiger partial charge in [-0.3, -0.25) is 4.79 Å². The number of benzene rings is 1. The largest absolute Gasteiger partial charge is 0.393 e. The number of anilines is 1. The molecule has 0 heterocycles. The molecular weight excluding hydrogens is 330 g/mol. The van der Waals surface area contributed by atoms with E-state index in [1.807, 2.05) is 22.6 Å². The number of amides is 1. The Morgan fingerprint density at radius 2 is 2.27 bits per heavy atom. The molecule has 3 nitrogen and oxygen atoms in total. The smallest absolute Gasteiger partial charge is 0.231 e. The Morgan fingerprint density at radius 1 is 1.60 bits per heavy atom. The molecule has 15 heavy (non-hydrogen) atoms. The summed E-state index contributed by atoms with van der Waals surface area (Å²) in [5.41, 5.74) is 5.77. The first kappa shape index (κ1) is 12.3. The molecule has 0 bridgehead atoms. The fourth-order valence-corrected chi connectivity index (χ4v) is 1.69. The fourth-order valence-electron chi connectivity index (χ4n) is 0.943. The number of thiocarbonyl (C=S) groups is 1. The minimum absolute atomic E-state index is 0.0111. The van der Waals surface area contributed by atoms with Crippen molar-refractivity contribution in [1.29, 1.82) is 0 Å². The number of nitrogens with two attached hydrogens (primary N) is 1. The van der Waals surface area contributed by atoms with Crippen molar-refractivity contribution in [2.24, 2.45) is 5.73 Å². The average Bonchev–Trinajstić information content (AvgIpc) is 2.08. The van der Waals surface area contributed by atoms with E-state index in [-0.39, 0.29) is 23.1 Å². The monoisotopic (exact) mass is 338 g/mol. The molecule has 0 aromatic heterocycles. The summed E-state index contributed by atoms with van der Waals surface area (Å²) in [6, 6.07) is 4.10. The van der Waals surface area contributed by atoms with Crippen molar-refractivity contribution >= 4 is 51.4 Å². The lowest BCUT2D eigenvalue weighted by molar-refractivity contribution is -0.115. The van der Waals surface area contributed by atoms with Crippen LogP contribution in [0.2, 0.25) is 0 Å². The average molecular weight is 338 g/mol. The van der Waals surface area contributed by atoms with Crippen molar-refractivity contribution < 1.29 is 9.18 Å². The van der Waals surface area contributed by atoms with Gasteiger partial charge in [-0.25, -0.2) is 4.39 Å². The van der Waals surface area contributed by atoms with Crippen molar-refractivity contribution in [2.75, 3.05) is 5.32 Å². The second-order valence-electron chi connectivity index (χ2n) is 2.82. The van der Waals surface area contributed by atoms with E-state index in [0.717, 1.165) is 0 Å². The van der Waals surface area contributed by atoms with E-state index >= 15 is 0 Å². The zero-order chi connectivity index (χ0) is 11.4. The molecular formula is C9H8FIN2OS. The molecule has 1 amide bonds. The highest BCUT2D eigenvalue weighted by molar-refractivity contribution is 14.1. The lowest BCUT2D eigenvalue weighted by Gasteiger charge is -2.06. The summed E-state index contributed by atoms with van der Waals surface area (Å²) in [6.07, 6.45) is -0.0111. The minimum atomic E-state index is -0.341. The Bertz CT molecular complexity index is 411. The summed E-state index contributed by atoms with van der Waals surface area (Å²) in [5.74, 6) is -0.640. The van der Waals surface area contributed by atoms with Crippen LogP contribution in [-0.2, 0) is 4.79 Å². The van der Waals surface area contributed by atoms with E-state index in [1.54, 1.807) is 0 Å². The third-order valence-electron chi connectivity index (χ3n) is 1.54. The van der Waals surface area contributed by atoms with Crippen LogP contribution < -0.4 is 11.1 Å². The van der Waals surface area contributed by atoms with Crippen LogP contribution in [0.3, 0.4) is 0 Å². The summed E-state index contributed by atoms with van der Waals surface area (Å²) in [7, 11) is 0. The predicted octanol–water partition coefficient (Wildman–Crippen LogP) is 2.04. The molecule has 1 rings (SSSR count). The maximum Gasteiger partial charge on any atom is 0.231 e. The first-order valence-electron chi connectivity index (χ1n) is 4.02. The van der Waals surface area contributed by atoms with E-state index in [4.69, 9.17) is 5.73 Å². The number of carbonyl (C=O) groups excluding carboxylic acids is 1. The first-order valence-corrected chi connectivity index (χ1v) is 5.51. The van der Waals surface area contributed by atoms with Crippen LogP contribution in [0.4, 0.5) is 10.1 Å². The van der Waals surface area contributed by atoms with E-state index < -0.39 is 0 Å². The van der Waals surface area contributed by atoms with E-state index in [1.165, 1.54) is 18.2 Å². The van der Waals surface area contributed by atoms with Crippen LogP contribution in [-0.4, -0.2) is 10.9 Å². The second-order valence-corrected chi connectivity index (χ2v) is 4.50. The zero-order valence-corrected chi connectivity index (χ0v) is 10.6. The van der Waals surface area contributed by atoms with Gasteiger partial charge in [-0.05, 0) is 40.8 Å². The highest BCUT2D eigenvalue weighted by atomic mass is 127. The first-order chi connectivity index (χ1) is 6.99. The predicted molar refractivity (Wildman–Crippen MR) is 69.1 cm³/mol. The van der Waals surface area contributed by atoms with Crippen LogP contribution in [0.5, 0.6) is 0 Å². The summed E-state index contributed by atoms with van der Waals surface area (Å²) in [6.45, 7) is 0. The lowest BCUT2D eigenvalue weighted by atomic mass is 10.3. The van der Waals surface area contributed by atoms with Gasteiger partial charge in [-0.2, -0.15) is 0 Å². The van der Waals surface area contributed by atoms with Gasteiger partial charge in [0.1, 0.15) is 5.82 Å². The molecule has 0 radical (unpaired) electrons. The topological polar surface area (TPSA) is 55.1 Å². The maximum absolute atomic E-state index is 12.7. The quantitative estimate of drug-likeness (QED) is 0.655. The van der Waals surface area contributed by atoms with Crippen LogP contribution in [0.25, 0.3) is 0 Å². The fraction of sp³-hybridized carbons (Fsp3) is 0.111. The molecule has 3 N–H and O–H groups in total. The molecule has 1 aromatic carbocycles. The summed E-state index contributed by atoms with van der Waals surface area (Å²) < 4.78 is 13.4. The Labute approximate surface area is 105 Å². The third-order valence-corrected chi connectivity index (χ3v) is 2.58. The Hall–Kier alpha value is -0.760. The van der Waals surface area contributed by atoms with Gasteiger partial charge in [0.25, 0.3) is 0 Å². The number of halogens is 2. The van der Waals surface area contributed by atoms with Crippen molar-refractivity contribution in [3.63, 3.8) is 0 Å². The van der Waals surface area contributed by atoms with Crippen molar-refractivity contribution in [2.45, 2.75) is 6.42 Å². The zero-order valence-electron chi connectivity index (χ0n) is 7.59. The molecule has 80 valence electrons. The van der Waals surface area contributed by atoms with Crippen LogP contribution >= 0.6 is 34.8 Å². The molecule has 6 heteroatoms. The van der Waals surface area contributed by atoms with E-state index in [9.17, 15) is 9.18 Å². The molecule has 0 fully saturated rings. The Balaban J connectivity index is 2.72. The van der Waals surface area contributed by atoms with Gasteiger partial charge in [0, 0.05) is 3.57 Å². The number of nitrogens with one attached hydrogen (secondary N) is 1. The highest BCUT2D eigenvalue weighted by Gasteiger charge is 2.07. The van der Waals surface area contributed by atoms with Crippen LogP contribution in [0.15, 0.2) is 18.2 Å². The summed E-state index contributed by atoms with van der Waals surface area (Å²) in [4.78, 5) is 11.4. The Kier molecular flexibility index (Phi) is 4.40. The van der Waals surface area contributed by atoms with E-state index in [2.05, 4.69) is 17.5 Å². The van der Waals surface area contributed by atoms with Crippen molar-refractivity contribution in [3.8, 4) is 0 Å². The SMILES string of the molecule is NC(=S)CC(=O)Nc1ccc(F)cc1I. The maximum atomic E-state index is 12.7. The van der Waals surface area contributed by atoms with Gasteiger partial charge in [-0.1, -0.05) is 12.2 Å². The van der Waals surface area contributed by atoms with Gasteiger partial charge in [0.05, 0.1) is 17.1 Å². The normalized spacial score (nSPS) is 9.73. The molecule has 0 atom stereocenters. The third kappa shape index (κ3) is 4.08. The van der Waals surface area contributed by atoms with Gasteiger partial charge >= 0.3 is 0 Å². The molecule has 0 saturated heterocycles. The highest BCUT2D eigenvalue weighted by Crippen LogP contribution is 2.18. The lowest BCUT2D eigenvalue weighted by Crippen LogP contribution is -2.20. The molecule has 0 aliphatic carbocycles. The van der Waals surface area contributed by atoms with Gasteiger partial charge in [-0.15, -0.1) is 0 Å². The Morgan fingerprint density at radius 3 is 2.80 bits per heavy atom. The van der Waals surface area contributed by atoms with Gasteiger partial charge in [0.15, 0.2) is 0 Å². The molecule has 0 aliphatic heterocycles. The van der Waals surface area contributed by atoms with E-state index in [0.29, 0.717) is 9.26 Å². The van der Waals surface area contributed by atoms with Crippen molar-refractivity contribution in [3.05, 3.63) is 27.6 Å². The van der Waals surface area contributed by atoms with Gasteiger partial charge < -0.3 is 11.1 Å². The standard InChI is InChI=1S/C9H8FIN2OS/c10-5-1-2-7(6(11)3-5)13-9(14)4-8(12)15/h1-3H,4H2,(H2,12,15)(H,13,14). The van der Waals surface area contributed by atoms with Gasteiger partial charge in [0.2, 0.25) is 5.91 Å². The van der Waals surface area contributed by atoms with Crippen LogP contribution in [0.1, 0.15) is 6.42 Å². The molecule has 0 unspecified atom stereocenters. The summed E-state index contributed by atoms with van der Waals surface area (Å²) in [5, 5.41) is 2.59. The molecule has 1 aromatic rings. The number of carbonyl (C=O) groups is 1. The second kappa shape index (κ2) is 5.36. The molecule has 0 aliphatic rings.